The summed E-state index contributed by atoms with van der Waals surface area (Å²) in [6, 6.07) is 13.8. The highest BCUT2D eigenvalue weighted by Gasteiger charge is 2.28. The molecule has 0 radical (unpaired) electrons. The molecule has 0 saturated heterocycles. The van der Waals surface area contributed by atoms with Crippen LogP contribution in [0.15, 0.2) is 59.6 Å². The van der Waals surface area contributed by atoms with Crippen molar-refractivity contribution < 1.29 is 23.1 Å². The van der Waals surface area contributed by atoms with Crippen LogP contribution in [0.1, 0.15) is 16.8 Å². The van der Waals surface area contributed by atoms with Gasteiger partial charge in [-0.1, -0.05) is 36.4 Å². The summed E-state index contributed by atoms with van der Waals surface area (Å²) >= 11 is 0. The Hall–Kier alpha value is -3.33. The number of rotatable bonds is 5. The van der Waals surface area contributed by atoms with Crippen LogP contribution in [0.5, 0.6) is 5.88 Å². The standard InChI is InChI=1S/C19H17N3O5S/c23-19(24)15-8-7-14(13-5-2-1-3-6-13)11-16(15)21-28(25,26)17-12-20-22-9-4-10-27-18(17)22/h1-3,5-8,11-12,21H,4,9-10H2,(H,23,24). The van der Waals surface area contributed by atoms with E-state index in [2.05, 4.69) is 9.82 Å². The topological polar surface area (TPSA) is 111 Å². The molecule has 1 aliphatic heterocycles. The predicted molar refractivity (Wildman–Crippen MR) is 102 cm³/mol. The molecule has 1 aliphatic rings. The molecule has 0 aliphatic carbocycles. The third kappa shape index (κ3) is 3.31. The van der Waals surface area contributed by atoms with Crippen LogP contribution in [0.2, 0.25) is 0 Å². The predicted octanol–water partition coefficient (Wildman–Crippen LogP) is 2.83. The van der Waals surface area contributed by atoms with Gasteiger partial charge >= 0.3 is 5.97 Å². The largest absolute Gasteiger partial charge is 0.478 e. The zero-order valence-corrected chi connectivity index (χ0v) is 15.5. The highest BCUT2D eigenvalue weighted by molar-refractivity contribution is 7.92. The number of ether oxygens (including phenoxy) is 1. The molecule has 3 aromatic rings. The van der Waals surface area contributed by atoms with E-state index in [0.29, 0.717) is 18.7 Å². The number of hydrogen-bond acceptors (Lipinski definition) is 5. The summed E-state index contributed by atoms with van der Waals surface area (Å²) in [4.78, 5) is 11.5. The first-order valence-corrected chi connectivity index (χ1v) is 10.1. The van der Waals surface area contributed by atoms with Gasteiger partial charge in [0.15, 0.2) is 4.90 Å². The minimum atomic E-state index is -4.09. The van der Waals surface area contributed by atoms with Crippen LogP contribution in [0, 0.1) is 0 Å². The second kappa shape index (κ2) is 7.01. The minimum absolute atomic E-state index is 0.0235. The Balaban J connectivity index is 1.75. The average Bonchev–Trinajstić information content (AvgIpc) is 3.13. The third-order valence-corrected chi connectivity index (χ3v) is 5.75. The second-order valence-electron chi connectivity index (χ2n) is 6.28. The van der Waals surface area contributed by atoms with Crippen LogP contribution in [0.25, 0.3) is 11.1 Å². The number of fused-ring (bicyclic) bond motifs is 1. The van der Waals surface area contributed by atoms with Crippen molar-refractivity contribution in [2.75, 3.05) is 11.3 Å². The van der Waals surface area contributed by atoms with Gasteiger partial charge in [0.25, 0.3) is 10.0 Å². The summed E-state index contributed by atoms with van der Waals surface area (Å²) in [5.41, 5.74) is 1.36. The number of nitrogens with zero attached hydrogens (tertiary/aromatic N) is 2. The lowest BCUT2D eigenvalue weighted by Crippen LogP contribution is -2.19. The molecule has 0 spiro atoms. The summed E-state index contributed by atoms with van der Waals surface area (Å²) in [6.07, 6.45) is 1.95. The number of aromatic carboxylic acids is 1. The zero-order valence-electron chi connectivity index (χ0n) is 14.7. The number of sulfonamides is 1. The van der Waals surface area contributed by atoms with Crippen molar-refractivity contribution in [2.24, 2.45) is 0 Å². The molecule has 2 heterocycles. The maximum Gasteiger partial charge on any atom is 0.337 e. The van der Waals surface area contributed by atoms with Crippen LogP contribution >= 0.6 is 0 Å². The quantitative estimate of drug-likeness (QED) is 0.683. The molecule has 9 heteroatoms. The van der Waals surface area contributed by atoms with Gasteiger partial charge in [0.1, 0.15) is 0 Å². The van der Waals surface area contributed by atoms with Gasteiger partial charge in [-0.2, -0.15) is 5.10 Å². The number of carboxylic acid groups (broad SMARTS) is 1. The maximum absolute atomic E-state index is 12.9. The van der Waals surface area contributed by atoms with Crippen LogP contribution in [0.4, 0.5) is 5.69 Å². The third-order valence-electron chi connectivity index (χ3n) is 4.40. The molecule has 4 rings (SSSR count). The Morgan fingerprint density at radius 3 is 2.68 bits per heavy atom. The van der Waals surface area contributed by atoms with E-state index < -0.39 is 16.0 Å². The Labute approximate surface area is 161 Å². The first kappa shape index (κ1) is 18.1. The lowest BCUT2D eigenvalue weighted by atomic mass is 10.0. The monoisotopic (exact) mass is 399 g/mol. The molecular weight excluding hydrogens is 382 g/mol. The highest BCUT2D eigenvalue weighted by Crippen LogP contribution is 2.31. The van der Waals surface area contributed by atoms with E-state index in [4.69, 9.17) is 4.74 Å². The molecule has 0 saturated carbocycles. The van der Waals surface area contributed by atoms with E-state index in [1.54, 1.807) is 6.07 Å². The van der Waals surface area contributed by atoms with Gasteiger partial charge in [0.05, 0.1) is 24.1 Å². The van der Waals surface area contributed by atoms with Crippen molar-refractivity contribution in [2.45, 2.75) is 17.9 Å². The van der Waals surface area contributed by atoms with E-state index in [0.717, 1.165) is 12.0 Å². The van der Waals surface area contributed by atoms with Crippen LogP contribution < -0.4 is 9.46 Å². The maximum atomic E-state index is 12.9. The lowest BCUT2D eigenvalue weighted by Gasteiger charge is -2.17. The van der Waals surface area contributed by atoms with Gasteiger partial charge in [0, 0.05) is 13.0 Å². The van der Waals surface area contributed by atoms with E-state index in [-0.39, 0.29) is 22.0 Å². The van der Waals surface area contributed by atoms with Gasteiger partial charge in [-0.15, -0.1) is 0 Å². The first-order chi connectivity index (χ1) is 13.5. The molecule has 28 heavy (non-hydrogen) atoms. The minimum Gasteiger partial charge on any atom is -0.478 e. The van der Waals surface area contributed by atoms with Gasteiger partial charge in [0.2, 0.25) is 5.88 Å². The summed E-state index contributed by atoms with van der Waals surface area (Å²) in [5.74, 6) is -1.07. The van der Waals surface area contributed by atoms with E-state index in [9.17, 15) is 18.3 Å². The summed E-state index contributed by atoms with van der Waals surface area (Å²) in [7, 11) is -4.09. The molecule has 0 unspecified atom stereocenters. The second-order valence-corrected chi connectivity index (χ2v) is 7.93. The van der Waals surface area contributed by atoms with E-state index in [1.165, 1.54) is 23.0 Å². The summed E-state index contributed by atoms with van der Waals surface area (Å²) in [5, 5.41) is 13.5. The van der Waals surface area contributed by atoms with Crippen LogP contribution in [-0.4, -0.2) is 35.9 Å². The van der Waals surface area contributed by atoms with E-state index in [1.807, 2.05) is 30.3 Å². The van der Waals surface area contributed by atoms with Crippen LogP contribution in [0.3, 0.4) is 0 Å². The number of nitrogens with one attached hydrogen (secondary N) is 1. The molecule has 2 aromatic carbocycles. The smallest absolute Gasteiger partial charge is 0.337 e. The van der Waals surface area contributed by atoms with Gasteiger partial charge in [-0.3, -0.25) is 4.72 Å². The molecule has 1 aromatic heterocycles. The van der Waals surface area contributed by atoms with E-state index >= 15 is 0 Å². The highest BCUT2D eigenvalue weighted by atomic mass is 32.2. The summed E-state index contributed by atoms with van der Waals surface area (Å²) < 4.78 is 35.2. The molecular formula is C19H17N3O5S. The molecule has 0 fully saturated rings. The number of carboxylic acids is 1. The van der Waals surface area contributed by atoms with Crippen molar-refractivity contribution in [3.8, 4) is 17.0 Å². The van der Waals surface area contributed by atoms with Crippen LogP contribution in [-0.2, 0) is 16.6 Å². The van der Waals surface area contributed by atoms with Crippen molar-refractivity contribution in [1.29, 1.82) is 0 Å². The van der Waals surface area contributed by atoms with Crippen molar-refractivity contribution >= 4 is 21.7 Å². The Morgan fingerprint density at radius 2 is 1.93 bits per heavy atom. The number of carbonyl (C=O) groups is 1. The van der Waals surface area contributed by atoms with Crippen molar-refractivity contribution in [1.82, 2.24) is 9.78 Å². The number of aryl methyl sites for hydroxylation is 1. The SMILES string of the molecule is O=C(O)c1ccc(-c2ccccc2)cc1NS(=O)(=O)c1cnn2c1OCCC2. The fourth-order valence-electron chi connectivity index (χ4n) is 3.05. The van der Waals surface area contributed by atoms with Crippen molar-refractivity contribution in [3.63, 3.8) is 0 Å². The molecule has 2 N–H and O–H groups in total. The van der Waals surface area contributed by atoms with Gasteiger partial charge in [-0.05, 0) is 23.3 Å². The number of hydrogen-bond donors (Lipinski definition) is 2. The Kier molecular flexibility index (Phi) is 4.52. The number of aromatic nitrogens is 2. The Bertz CT molecular complexity index is 1140. The zero-order chi connectivity index (χ0) is 19.7. The fourth-order valence-corrected chi connectivity index (χ4v) is 4.20. The molecule has 8 nitrogen and oxygen atoms in total. The normalized spacial score (nSPS) is 13.4. The Morgan fingerprint density at radius 1 is 1.14 bits per heavy atom. The summed E-state index contributed by atoms with van der Waals surface area (Å²) in [6.45, 7) is 0.965. The molecule has 0 bridgehead atoms. The number of benzene rings is 2. The molecule has 0 atom stereocenters. The van der Waals surface area contributed by atoms with Crippen molar-refractivity contribution in [3.05, 3.63) is 60.3 Å². The molecule has 0 amide bonds. The fraction of sp³-hybridized carbons (Fsp3) is 0.158. The first-order valence-electron chi connectivity index (χ1n) is 8.60. The van der Waals surface area contributed by atoms with Gasteiger partial charge in [-0.25, -0.2) is 17.9 Å². The number of anilines is 1. The van der Waals surface area contributed by atoms with Gasteiger partial charge < -0.3 is 9.84 Å². The average molecular weight is 399 g/mol. The molecule has 144 valence electrons. The lowest BCUT2D eigenvalue weighted by molar-refractivity contribution is 0.0698.